The molecule has 0 saturated heterocycles. The molecule has 2 N–H and O–H groups in total. The van der Waals surface area contributed by atoms with Crippen LogP contribution in [0.4, 0.5) is 13.2 Å². The minimum absolute atomic E-state index is 0.278. The molecule has 0 fully saturated rings. The van der Waals surface area contributed by atoms with Crippen LogP contribution in [0.2, 0.25) is 0 Å². The van der Waals surface area contributed by atoms with Crippen LogP contribution in [0.3, 0.4) is 0 Å². The lowest BCUT2D eigenvalue weighted by Gasteiger charge is -2.08. The number of hydrogen-bond donors (Lipinski definition) is 2. The maximum atomic E-state index is 11.9. The molecule has 8 heteroatoms. The van der Waals surface area contributed by atoms with Gasteiger partial charge in [-0.2, -0.15) is 5.10 Å². The maximum absolute atomic E-state index is 11.9. The van der Waals surface area contributed by atoms with Crippen molar-refractivity contribution in [2.45, 2.75) is 13.0 Å². The second-order valence-electron chi connectivity index (χ2n) is 3.34. The number of aromatic nitrogens is 3. The number of aliphatic hydroxyl groups is 1. The Kier molecular flexibility index (Phi) is 3.19. The first kappa shape index (κ1) is 12.4. The molecular weight excluding hydrogens is 251 g/mol. The lowest BCUT2D eigenvalue weighted by Crippen LogP contribution is -2.16. The second-order valence-corrected chi connectivity index (χ2v) is 3.34. The van der Waals surface area contributed by atoms with E-state index in [0.29, 0.717) is 5.56 Å². The van der Waals surface area contributed by atoms with Crippen molar-refractivity contribution in [1.82, 2.24) is 15.2 Å². The van der Waals surface area contributed by atoms with E-state index in [1.54, 1.807) is 0 Å². The summed E-state index contributed by atoms with van der Waals surface area (Å²) < 4.78 is 39.5. The fourth-order valence-electron chi connectivity index (χ4n) is 1.30. The van der Waals surface area contributed by atoms with Gasteiger partial charge in [0.15, 0.2) is 11.6 Å². The summed E-state index contributed by atoms with van der Waals surface area (Å²) in [6.45, 7) is -0.289. The number of aliphatic hydroxyl groups excluding tert-OH is 1. The van der Waals surface area contributed by atoms with E-state index in [9.17, 15) is 13.2 Å². The molecule has 0 spiro atoms. The summed E-state index contributed by atoms with van der Waals surface area (Å²) in [6.07, 6.45) is -4.71. The van der Waals surface area contributed by atoms with E-state index in [2.05, 4.69) is 19.9 Å². The molecule has 18 heavy (non-hydrogen) atoms. The first-order valence-electron chi connectivity index (χ1n) is 4.86. The average Bonchev–Trinajstić information content (AvgIpc) is 2.76. The zero-order valence-electron chi connectivity index (χ0n) is 8.90. The lowest BCUT2D eigenvalue weighted by atomic mass is 10.2. The van der Waals surface area contributed by atoms with Crippen molar-refractivity contribution in [3.05, 3.63) is 30.1 Å². The normalized spacial score (nSPS) is 11.6. The molecule has 1 heterocycles. The molecule has 96 valence electrons. The van der Waals surface area contributed by atoms with Gasteiger partial charge in [-0.25, -0.2) is 4.98 Å². The van der Waals surface area contributed by atoms with Crippen LogP contribution < -0.4 is 4.74 Å². The largest absolute Gasteiger partial charge is 0.573 e. The van der Waals surface area contributed by atoms with Crippen molar-refractivity contribution in [2.24, 2.45) is 0 Å². The fourth-order valence-corrected chi connectivity index (χ4v) is 1.30. The Labute approximate surface area is 99.2 Å². The van der Waals surface area contributed by atoms with Crippen LogP contribution in [0.1, 0.15) is 5.82 Å². The third-order valence-electron chi connectivity index (χ3n) is 2.03. The van der Waals surface area contributed by atoms with E-state index in [0.717, 1.165) is 12.1 Å². The minimum Gasteiger partial charge on any atom is -0.406 e. The van der Waals surface area contributed by atoms with Gasteiger partial charge in [0, 0.05) is 5.56 Å². The van der Waals surface area contributed by atoms with Gasteiger partial charge in [-0.15, -0.1) is 13.2 Å². The summed E-state index contributed by atoms with van der Waals surface area (Å²) in [5.41, 5.74) is 0.514. The third kappa shape index (κ3) is 2.98. The van der Waals surface area contributed by atoms with Crippen LogP contribution in [0, 0.1) is 0 Å². The molecule has 0 aliphatic heterocycles. The Balaban J connectivity index is 2.17. The minimum atomic E-state index is -4.71. The lowest BCUT2D eigenvalue weighted by molar-refractivity contribution is -0.274. The second kappa shape index (κ2) is 4.65. The third-order valence-corrected chi connectivity index (χ3v) is 2.03. The number of hydrogen-bond acceptors (Lipinski definition) is 4. The average molecular weight is 259 g/mol. The Bertz CT molecular complexity index is 522. The molecule has 5 nitrogen and oxygen atoms in total. The highest BCUT2D eigenvalue weighted by molar-refractivity contribution is 5.55. The van der Waals surface area contributed by atoms with Gasteiger partial charge in [0.05, 0.1) is 0 Å². The summed E-state index contributed by atoms with van der Waals surface area (Å²) in [7, 11) is 0. The summed E-state index contributed by atoms with van der Waals surface area (Å²) in [5, 5.41) is 15.1. The standard InChI is InChI=1S/C10H8F3N3O2/c11-10(12,13)18-7-3-1-6(2-4-7)9-14-8(5-17)15-16-9/h1-4,17H,5H2,(H,14,15,16). The molecule has 0 atom stereocenters. The van der Waals surface area contributed by atoms with E-state index in [-0.39, 0.29) is 24.0 Å². The Hall–Kier alpha value is -2.09. The topological polar surface area (TPSA) is 71.0 Å². The Morgan fingerprint density at radius 3 is 2.39 bits per heavy atom. The van der Waals surface area contributed by atoms with Gasteiger partial charge < -0.3 is 9.84 Å². The number of H-pyrrole nitrogens is 1. The van der Waals surface area contributed by atoms with Crippen molar-refractivity contribution >= 4 is 0 Å². The van der Waals surface area contributed by atoms with Gasteiger partial charge in [0.25, 0.3) is 0 Å². The molecule has 0 aliphatic rings. The first-order valence-corrected chi connectivity index (χ1v) is 4.86. The Morgan fingerprint density at radius 2 is 1.89 bits per heavy atom. The fraction of sp³-hybridized carbons (Fsp3) is 0.200. The van der Waals surface area contributed by atoms with Gasteiger partial charge in [0.1, 0.15) is 12.4 Å². The predicted octanol–water partition coefficient (Wildman–Crippen LogP) is 1.86. The van der Waals surface area contributed by atoms with E-state index in [1.807, 2.05) is 0 Å². The Morgan fingerprint density at radius 1 is 1.22 bits per heavy atom. The highest BCUT2D eigenvalue weighted by Crippen LogP contribution is 2.25. The molecule has 0 bridgehead atoms. The number of benzene rings is 1. The highest BCUT2D eigenvalue weighted by Gasteiger charge is 2.30. The molecule has 1 aromatic heterocycles. The van der Waals surface area contributed by atoms with Crippen LogP contribution in [0.5, 0.6) is 5.75 Å². The van der Waals surface area contributed by atoms with E-state index in [1.165, 1.54) is 12.1 Å². The zero-order chi connectivity index (χ0) is 13.2. The monoisotopic (exact) mass is 259 g/mol. The van der Waals surface area contributed by atoms with Crippen LogP contribution >= 0.6 is 0 Å². The molecular formula is C10H8F3N3O2. The number of nitrogens with one attached hydrogen (secondary N) is 1. The molecule has 0 amide bonds. The molecule has 1 aromatic carbocycles. The van der Waals surface area contributed by atoms with E-state index < -0.39 is 6.36 Å². The first-order chi connectivity index (χ1) is 8.48. The molecule has 0 aliphatic carbocycles. The zero-order valence-corrected chi connectivity index (χ0v) is 8.90. The van der Waals surface area contributed by atoms with Crippen LogP contribution in [-0.4, -0.2) is 26.7 Å². The van der Waals surface area contributed by atoms with Crippen molar-refractivity contribution in [1.29, 1.82) is 0 Å². The SMILES string of the molecule is OCc1nc(-c2ccc(OC(F)(F)F)cc2)n[nH]1. The number of ether oxygens (including phenoxy) is 1. The smallest absolute Gasteiger partial charge is 0.406 e. The van der Waals surface area contributed by atoms with Crippen molar-refractivity contribution < 1.29 is 23.0 Å². The predicted molar refractivity (Wildman–Crippen MR) is 54.4 cm³/mol. The van der Waals surface area contributed by atoms with Crippen LogP contribution in [0.25, 0.3) is 11.4 Å². The molecule has 2 aromatic rings. The van der Waals surface area contributed by atoms with E-state index >= 15 is 0 Å². The number of alkyl halides is 3. The van der Waals surface area contributed by atoms with Gasteiger partial charge in [-0.05, 0) is 24.3 Å². The van der Waals surface area contributed by atoms with Gasteiger partial charge in [0.2, 0.25) is 0 Å². The summed E-state index contributed by atoms with van der Waals surface area (Å²) in [5.74, 6) is 0.252. The molecule has 0 saturated carbocycles. The molecule has 0 unspecified atom stereocenters. The van der Waals surface area contributed by atoms with Gasteiger partial charge >= 0.3 is 6.36 Å². The van der Waals surface area contributed by atoms with Crippen molar-refractivity contribution in [2.75, 3.05) is 0 Å². The van der Waals surface area contributed by atoms with E-state index in [4.69, 9.17) is 5.11 Å². The number of rotatable bonds is 3. The maximum Gasteiger partial charge on any atom is 0.573 e. The van der Waals surface area contributed by atoms with Crippen LogP contribution in [-0.2, 0) is 6.61 Å². The quantitative estimate of drug-likeness (QED) is 0.882. The van der Waals surface area contributed by atoms with Gasteiger partial charge in [-0.1, -0.05) is 0 Å². The summed E-state index contributed by atoms with van der Waals surface area (Å²) in [4.78, 5) is 3.92. The van der Waals surface area contributed by atoms with Crippen molar-refractivity contribution in [3.63, 3.8) is 0 Å². The number of nitrogens with zero attached hydrogens (tertiary/aromatic N) is 2. The van der Waals surface area contributed by atoms with Crippen molar-refractivity contribution in [3.8, 4) is 17.1 Å². The molecule has 0 radical (unpaired) electrons. The van der Waals surface area contributed by atoms with Crippen LogP contribution in [0.15, 0.2) is 24.3 Å². The summed E-state index contributed by atoms with van der Waals surface area (Å²) in [6, 6.07) is 5.12. The highest BCUT2D eigenvalue weighted by atomic mass is 19.4. The number of aromatic amines is 1. The molecule has 2 rings (SSSR count). The van der Waals surface area contributed by atoms with Gasteiger partial charge in [-0.3, -0.25) is 5.10 Å². The summed E-state index contributed by atoms with van der Waals surface area (Å²) >= 11 is 0. The number of halogens is 3.